The number of aromatic carboxylic acids is 1. The van der Waals surface area contributed by atoms with Gasteiger partial charge in [0, 0.05) is 18.8 Å². The molecule has 4 nitrogen and oxygen atoms in total. The van der Waals surface area contributed by atoms with Crippen molar-refractivity contribution in [3.63, 3.8) is 0 Å². The fraction of sp³-hybridized carbons (Fsp3) is 0.200. The third kappa shape index (κ3) is 3.61. The van der Waals surface area contributed by atoms with Crippen LogP contribution in [-0.2, 0) is 13.1 Å². The molecule has 0 atom stereocenters. The lowest BCUT2D eigenvalue weighted by Gasteiger charge is -2.06. The summed E-state index contributed by atoms with van der Waals surface area (Å²) in [6.07, 6.45) is 0. The van der Waals surface area contributed by atoms with E-state index in [1.807, 2.05) is 25.1 Å². The van der Waals surface area contributed by atoms with Crippen molar-refractivity contribution in [3.8, 4) is 0 Å². The van der Waals surface area contributed by atoms with Crippen LogP contribution in [0.2, 0.25) is 0 Å². The Morgan fingerprint density at radius 3 is 2.75 bits per heavy atom. The third-order valence-electron chi connectivity index (χ3n) is 2.85. The molecule has 20 heavy (non-hydrogen) atoms. The fourth-order valence-electron chi connectivity index (χ4n) is 1.87. The molecule has 1 heterocycles. The van der Waals surface area contributed by atoms with Crippen LogP contribution >= 0.6 is 0 Å². The summed E-state index contributed by atoms with van der Waals surface area (Å²) in [5, 5.41) is 11.9. The molecule has 0 amide bonds. The number of halogens is 1. The summed E-state index contributed by atoms with van der Waals surface area (Å²) in [6.45, 7) is 2.94. The fourth-order valence-corrected chi connectivity index (χ4v) is 1.87. The van der Waals surface area contributed by atoms with E-state index in [2.05, 4.69) is 10.3 Å². The molecule has 1 aromatic carbocycles. The molecule has 2 N–H and O–H groups in total. The second kappa shape index (κ2) is 6.25. The monoisotopic (exact) mass is 274 g/mol. The van der Waals surface area contributed by atoms with Crippen LogP contribution in [-0.4, -0.2) is 16.1 Å². The van der Waals surface area contributed by atoms with Crippen LogP contribution in [0.5, 0.6) is 0 Å². The predicted octanol–water partition coefficient (Wildman–Crippen LogP) is 2.52. The minimum absolute atomic E-state index is 0.311. The zero-order chi connectivity index (χ0) is 14.5. The molecule has 0 bridgehead atoms. The van der Waals surface area contributed by atoms with E-state index >= 15 is 0 Å². The molecule has 0 fully saturated rings. The summed E-state index contributed by atoms with van der Waals surface area (Å²) >= 11 is 0. The Hall–Kier alpha value is -2.27. The van der Waals surface area contributed by atoms with Gasteiger partial charge in [-0.05, 0) is 36.8 Å². The summed E-state index contributed by atoms with van der Waals surface area (Å²) in [5.41, 5.74) is 2.24. The van der Waals surface area contributed by atoms with Gasteiger partial charge in [-0.25, -0.2) is 9.18 Å². The van der Waals surface area contributed by atoms with Crippen molar-refractivity contribution in [2.75, 3.05) is 0 Å². The lowest BCUT2D eigenvalue weighted by atomic mass is 10.1. The molecular weight excluding hydrogens is 259 g/mol. The Bertz CT molecular complexity index is 629. The molecule has 0 radical (unpaired) electrons. The van der Waals surface area contributed by atoms with E-state index in [-0.39, 0.29) is 5.56 Å². The Kier molecular flexibility index (Phi) is 4.42. The summed E-state index contributed by atoms with van der Waals surface area (Å²) in [5.74, 6) is -1.98. The number of hydrogen-bond donors (Lipinski definition) is 2. The van der Waals surface area contributed by atoms with Gasteiger partial charge in [-0.1, -0.05) is 12.1 Å². The first-order valence-corrected chi connectivity index (χ1v) is 6.21. The lowest BCUT2D eigenvalue weighted by Crippen LogP contribution is -2.14. The minimum Gasteiger partial charge on any atom is -0.478 e. The van der Waals surface area contributed by atoms with Gasteiger partial charge >= 0.3 is 5.97 Å². The maximum Gasteiger partial charge on any atom is 0.338 e. The molecule has 2 rings (SSSR count). The summed E-state index contributed by atoms with van der Waals surface area (Å²) < 4.78 is 13.5. The first-order valence-electron chi connectivity index (χ1n) is 6.21. The minimum atomic E-state index is -1.26. The first-order chi connectivity index (χ1) is 9.56. The number of rotatable bonds is 5. The van der Waals surface area contributed by atoms with Gasteiger partial charge < -0.3 is 10.4 Å². The van der Waals surface area contributed by atoms with Crippen molar-refractivity contribution < 1.29 is 14.3 Å². The smallest absolute Gasteiger partial charge is 0.338 e. The van der Waals surface area contributed by atoms with Gasteiger partial charge in [0.25, 0.3) is 0 Å². The van der Waals surface area contributed by atoms with E-state index in [1.165, 1.54) is 12.1 Å². The zero-order valence-electron chi connectivity index (χ0n) is 11.1. The number of carboxylic acids is 1. The molecule has 0 aliphatic rings. The second-order valence-electron chi connectivity index (χ2n) is 4.49. The molecular formula is C15H15FN2O2. The van der Waals surface area contributed by atoms with Crippen LogP contribution in [0.3, 0.4) is 0 Å². The van der Waals surface area contributed by atoms with E-state index < -0.39 is 11.8 Å². The van der Waals surface area contributed by atoms with E-state index in [4.69, 9.17) is 5.11 Å². The number of hydrogen-bond acceptors (Lipinski definition) is 3. The number of pyridine rings is 1. The van der Waals surface area contributed by atoms with Gasteiger partial charge in [0.05, 0.1) is 11.3 Å². The average Bonchev–Trinajstić information content (AvgIpc) is 2.38. The standard InChI is InChI=1S/C15H15FN2O2/c1-10-3-2-4-12(18-10)9-17-8-11-5-6-13(15(19)20)14(16)7-11/h2-7,17H,8-9H2,1H3,(H,19,20). The van der Waals surface area contributed by atoms with Crippen molar-refractivity contribution in [1.82, 2.24) is 10.3 Å². The number of carbonyl (C=O) groups is 1. The molecule has 2 aromatic rings. The van der Waals surface area contributed by atoms with Crippen molar-refractivity contribution in [3.05, 3.63) is 64.7 Å². The van der Waals surface area contributed by atoms with Crippen molar-refractivity contribution in [1.29, 1.82) is 0 Å². The van der Waals surface area contributed by atoms with E-state index in [9.17, 15) is 9.18 Å². The molecule has 1 aromatic heterocycles. The summed E-state index contributed by atoms with van der Waals surface area (Å²) in [7, 11) is 0. The molecule has 0 aliphatic heterocycles. The number of carboxylic acid groups (broad SMARTS) is 1. The highest BCUT2D eigenvalue weighted by Crippen LogP contribution is 2.10. The Labute approximate surface area is 116 Å². The quantitative estimate of drug-likeness (QED) is 0.879. The van der Waals surface area contributed by atoms with Gasteiger partial charge in [0.2, 0.25) is 0 Å². The maximum absolute atomic E-state index is 13.5. The molecule has 0 saturated carbocycles. The molecule has 5 heteroatoms. The van der Waals surface area contributed by atoms with Gasteiger partial charge in [-0.2, -0.15) is 0 Å². The van der Waals surface area contributed by atoms with Crippen LogP contribution in [0.4, 0.5) is 4.39 Å². The predicted molar refractivity (Wildman–Crippen MR) is 72.9 cm³/mol. The Balaban J connectivity index is 1.94. The normalized spacial score (nSPS) is 10.5. The van der Waals surface area contributed by atoms with E-state index in [0.717, 1.165) is 11.4 Å². The zero-order valence-corrected chi connectivity index (χ0v) is 11.1. The molecule has 0 aliphatic carbocycles. The van der Waals surface area contributed by atoms with E-state index in [0.29, 0.717) is 18.7 Å². The topological polar surface area (TPSA) is 62.2 Å². The molecule has 0 spiro atoms. The Morgan fingerprint density at radius 2 is 2.10 bits per heavy atom. The highest BCUT2D eigenvalue weighted by Gasteiger charge is 2.10. The highest BCUT2D eigenvalue weighted by molar-refractivity contribution is 5.87. The van der Waals surface area contributed by atoms with E-state index in [1.54, 1.807) is 6.07 Å². The largest absolute Gasteiger partial charge is 0.478 e. The van der Waals surface area contributed by atoms with Crippen LogP contribution in [0.25, 0.3) is 0 Å². The average molecular weight is 274 g/mol. The number of nitrogens with zero attached hydrogens (tertiary/aromatic N) is 1. The van der Waals surface area contributed by atoms with Crippen molar-refractivity contribution in [2.45, 2.75) is 20.0 Å². The highest BCUT2D eigenvalue weighted by atomic mass is 19.1. The molecule has 0 unspecified atom stereocenters. The molecule has 0 saturated heterocycles. The SMILES string of the molecule is Cc1cccc(CNCc2ccc(C(=O)O)c(F)c2)n1. The Morgan fingerprint density at radius 1 is 1.30 bits per heavy atom. The lowest BCUT2D eigenvalue weighted by molar-refractivity contribution is 0.0692. The van der Waals surface area contributed by atoms with Crippen LogP contribution < -0.4 is 5.32 Å². The van der Waals surface area contributed by atoms with Crippen molar-refractivity contribution in [2.24, 2.45) is 0 Å². The maximum atomic E-state index is 13.5. The van der Waals surface area contributed by atoms with Crippen molar-refractivity contribution >= 4 is 5.97 Å². The summed E-state index contributed by atoms with van der Waals surface area (Å²) in [6, 6.07) is 9.88. The van der Waals surface area contributed by atoms with Crippen LogP contribution in [0.15, 0.2) is 36.4 Å². The third-order valence-corrected chi connectivity index (χ3v) is 2.85. The van der Waals surface area contributed by atoms with Gasteiger partial charge in [0.1, 0.15) is 5.82 Å². The molecule has 104 valence electrons. The first kappa shape index (κ1) is 14.1. The van der Waals surface area contributed by atoms with Gasteiger partial charge in [-0.3, -0.25) is 4.98 Å². The number of aryl methyl sites for hydroxylation is 1. The van der Waals surface area contributed by atoms with Gasteiger partial charge in [-0.15, -0.1) is 0 Å². The number of benzene rings is 1. The van der Waals surface area contributed by atoms with Gasteiger partial charge in [0.15, 0.2) is 0 Å². The van der Waals surface area contributed by atoms with Crippen LogP contribution in [0, 0.1) is 12.7 Å². The van der Waals surface area contributed by atoms with Crippen LogP contribution in [0.1, 0.15) is 27.3 Å². The number of aromatic nitrogens is 1. The number of nitrogens with one attached hydrogen (secondary N) is 1. The second-order valence-corrected chi connectivity index (χ2v) is 4.49. The summed E-state index contributed by atoms with van der Waals surface area (Å²) in [4.78, 5) is 15.0.